The molecule has 7 heteroatoms. The molecule has 0 fully saturated rings. The van der Waals surface area contributed by atoms with Gasteiger partial charge in [-0.05, 0) is 36.5 Å². The number of hydrogen-bond acceptors (Lipinski definition) is 5. The fourth-order valence-corrected chi connectivity index (χ4v) is 4.00. The van der Waals surface area contributed by atoms with Crippen LogP contribution in [0.25, 0.3) is 10.8 Å². The van der Waals surface area contributed by atoms with Crippen molar-refractivity contribution in [3.63, 3.8) is 0 Å². The molecule has 180 valence electrons. The van der Waals surface area contributed by atoms with Gasteiger partial charge in [-0.2, -0.15) is 5.10 Å². The average Bonchev–Trinajstić information content (AvgIpc) is 2.86. The third-order valence-electron chi connectivity index (χ3n) is 5.88. The quantitative estimate of drug-likeness (QED) is 0.323. The number of unbranched alkanes of at least 4 members (excludes halogenated alkanes) is 3. The van der Waals surface area contributed by atoms with Crippen molar-refractivity contribution in [1.29, 1.82) is 0 Å². The first-order valence-corrected chi connectivity index (χ1v) is 12.1. The molecular formula is C27H33N3O4. The van der Waals surface area contributed by atoms with Gasteiger partial charge < -0.3 is 10.1 Å². The molecule has 0 bridgehead atoms. The van der Waals surface area contributed by atoms with E-state index >= 15 is 0 Å². The van der Waals surface area contributed by atoms with E-state index in [4.69, 9.17) is 4.74 Å². The first kappa shape index (κ1) is 25.1. The Kier molecular flexibility index (Phi) is 8.96. The van der Waals surface area contributed by atoms with Crippen LogP contribution in [-0.4, -0.2) is 28.3 Å². The molecule has 0 saturated carbocycles. The van der Waals surface area contributed by atoms with E-state index in [1.807, 2.05) is 32.0 Å². The van der Waals surface area contributed by atoms with Gasteiger partial charge in [0, 0.05) is 17.6 Å². The van der Waals surface area contributed by atoms with Crippen molar-refractivity contribution >= 4 is 28.3 Å². The molecule has 0 aliphatic heterocycles. The van der Waals surface area contributed by atoms with Crippen LogP contribution in [0.1, 0.15) is 68.1 Å². The first-order chi connectivity index (χ1) is 16.5. The van der Waals surface area contributed by atoms with Crippen LogP contribution in [0, 0.1) is 0 Å². The zero-order valence-corrected chi connectivity index (χ0v) is 20.2. The summed E-state index contributed by atoms with van der Waals surface area (Å²) >= 11 is 0. The van der Waals surface area contributed by atoms with Gasteiger partial charge in [0.05, 0.1) is 5.39 Å². The van der Waals surface area contributed by atoms with Crippen LogP contribution in [0.15, 0.2) is 47.3 Å². The topological polar surface area (TPSA) is 90.3 Å². The molecule has 7 nitrogen and oxygen atoms in total. The summed E-state index contributed by atoms with van der Waals surface area (Å²) in [4.78, 5) is 38.4. The third-order valence-corrected chi connectivity index (χ3v) is 5.88. The number of carbonyl (C=O) groups excluding carboxylic acids is 2. The molecule has 1 heterocycles. The number of aromatic nitrogens is 2. The summed E-state index contributed by atoms with van der Waals surface area (Å²) in [7, 11) is 0. The minimum atomic E-state index is -0.729. The van der Waals surface area contributed by atoms with Crippen molar-refractivity contribution < 1.29 is 14.3 Å². The number of hydrogen-bond donors (Lipinski definition) is 1. The van der Waals surface area contributed by atoms with Gasteiger partial charge >= 0.3 is 5.97 Å². The second-order valence-electron chi connectivity index (χ2n) is 8.27. The smallest absolute Gasteiger partial charge is 0.359 e. The lowest BCUT2D eigenvalue weighted by Crippen LogP contribution is -2.28. The van der Waals surface area contributed by atoms with Crippen LogP contribution in [0.4, 0.5) is 5.69 Å². The largest absolute Gasteiger partial charge is 0.451 e. The molecule has 0 radical (unpaired) electrons. The first-order valence-electron chi connectivity index (χ1n) is 12.1. The molecule has 0 unspecified atom stereocenters. The summed E-state index contributed by atoms with van der Waals surface area (Å²) in [6, 6.07) is 12.8. The summed E-state index contributed by atoms with van der Waals surface area (Å²) in [6.45, 7) is 6.16. The SMILES string of the molecule is CCCCCCn1nc(C(=O)OCC(=O)Nc2c(CC)cccc2CC)c2ccccc2c1=O. The Morgan fingerprint density at radius 1 is 0.912 bits per heavy atom. The molecule has 1 N–H and O–H groups in total. The Labute approximate surface area is 200 Å². The van der Waals surface area contributed by atoms with Crippen molar-refractivity contribution in [2.75, 3.05) is 11.9 Å². The second-order valence-corrected chi connectivity index (χ2v) is 8.27. The van der Waals surface area contributed by atoms with Gasteiger partial charge in [0.25, 0.3) is 11.5 Å². The number of para-hydroxylation sites is 1. The molecule has 0 atom stereocenters. The second kappa shape index (κ2) is 12.1. The Hall–Kier alpha value is -3.48. The highest BCUT2D eigenvalue weighted by molar-refractivity contribution is 6.03. The molecule has 0 aliphatic carbocycles. The lowest BCUT2D eigenvalue weighted by molar-refractivity contribution is -0.119. The average molecular weight is 464 g/mol. The van der Waals surface area contributed by atoms with E-state index in [1.165, 1.54) is 4.68 Å². The van der Waals surface area contributed by atoms with Crippen molar-refractivity contribution in [1.82, 2.24) is 9.78 Å². The molecule has 0 saturated heterocycles. The standard InChI is InChI=1S/C27H33N3O4/c1-4-7-8-11-17-30-26(32)22-16-10-9-15-21(22)25(29-30)27(33)34-18-23(31)28-24-19(5-2)13-12-14-20(24)6-3/h9-10,12-16H,4-8,11,17-18H2,1-3H3,(H,28,31). The number of amides is 1. The third kappa shape index (κ3) is 5.90. The van der Waals surface area contributed by atoms with Gasteiger partial charge in [0.2, 0.25) is 0 Å². The fourth-order valence-electron chi connectivity index (χ4n) is 4.00. The highest BCUT2D eigenvalue weighted by Gasteiger charge is 2.19. The lowest BCUT2D eigenvalue weighted by Gasteiger charge is -2.15. The van der Waals surface area contributed by atoms with Crippen LogP contribution in [-0.2, 0) is 28.9 Å². The van der Waals surface area contributed by atoms with E-state index in [1.54, 1.807) is 24.3 Å². The molecule has 34 heavy (non-hydrogen) atoms. The molecule has 3 rings (SSSR count). The molecule has 0 spiro atoms. The van der Waals surface area contributed by atoms with Crippen LogP contribution in [0.3, 0.4) is 0 Å². The molecule has 3 aromatic rings. The summed E-state index contributed by atoms with van der Waals surface area (Å²) in [6.07, 6.45) is 5.50. The Bertz CT molecular complexity index is 1190. The zero-order chi connectivity index (χ0) is 24.5. The van der Waals surface area contributed by atoms with Crippen LogP contribution < -0.4 is 10.9 Å². The number of carbonyl (C=O) groups is 2. The minimum absolute atomic E-state index is 0.0432. The Morgan fingerprint density at radius 3 is 2.24 bits per heavy atom. The monoisotopic (exact) mass is 463 g/mol. The number of esters is 1. The highest BCUT2D eigenvalue weighted by Crippen LogP contribution is 2.22. The predicted molar refractivity (Wildman–Crippen MR) is 134 cm³/mol. The maximum absolute atomic E-state index is 12.9. The molecular weight excluding hydrogens is 430 g/mol. The van der Waals surface area contributed by atoms with E-state index in [-0.39, 0.29) is 11.3 Å². The number of benzene rings is 2. The van der Waals surface area contributed by atoms with E-state index in [9.17, 15) is 14.4 Å². The van der Waals surface area contributed by atoms with E-state index in [2.05, 4.69) is 17.3 Å². The highest BCUT2D eigenvalue weighted by atomic mass is 16.5. The summed E-state index contributed by atoms with van der Waals surface area (Å²) in [5.74, 6) is -1.14. The minimum Gasteiger partial charge on any atom is -0.451 e. The predicted octanol–water partition coefficient (Wildman–Crippen LogP) is 4.90. The van der Waals surface area contributed by atoms with Gasteiger partial charge in [-0.1, -0.05) is 76.4 Å². The van der Waals surface area contributed by atoms with E-state index in [0.29, 0.717) is 17.3 Å². The van der Waals surface area contributed by atoms with Gasteiger partial charge in [0.15, 0.2) is 12.3 Å². The Balaban J connectivity index is 1.77. The molecule has 2 aromatic carbocycles. The number of rotatable bonds is 11. The summed E-state index contributed by atoms with van der Waals surface area (Å²) in [5.41, 5.74) is 2.65. The number of nitrogens with zero attached hydrogens (tertiary/aromatic N) is 2. The van der Waals surface area contributed by atoms with Crippen molar-refractivity contribution in [3.8, 4) is 0 Å². The van der Waals surface area contributed by atoms with Crippen molar-refractivity contribution in [3.05, 3.63) is 69.6 Å². The van der Waals surface area contributed by atoms with Gasteiger partial charge in [-0.3, -0.25) is 9.59 Å². The zero-order valence-electron chi connectivity index (χ0n) is 20.2. The van der Waals surface area contributed by atoms with E-state index in [0.717, 1.165) is 55.3 Å². The van der Waals surface area contributed by atoms with Crippen LogP contribution >= 0.6 is 0 Å². The summed E-state index contributed by atoms with van der Waals surface area (Å²) in [5, 5.41) is 8.04. The Morgan fingerprint density at radius 2 is 1.59 bits per heavy atom. The van der Waals surface area contributed by atoms with Gasteiger partial charge in [-0.15, -0.1) is 0 Å². The fraction of sp³-hybridized carbons (Fsp3) is 0.407. The maximum atomic E-state index is 12.9. The number of aryl methyl sites for hydroxylation is 3. The van der Waals surface area contributed by atoms with Crippen LogP contribution in [0.5, 0.6) is 0 Å². The van der Waals surface area contributed by atoms with Gasteiger partial charge in [0.1, 0.15) is 0 Å². The van der Waals surface area contributed by atoms with Crippen LogP contribution in [0.2, 0.25) is 0 Å². The summed E-state index contributed by atoms with van der Waals surface area (Å²) < 4.78 is 6.66. The van der Waals surface area contributed by atoms with Gasteiger partial charge in [-0.25, -0.2) is 9.48 Å². The number of fused-ring (bicyclic) bond motifs is 1. The van der Waals surface area contributed by atoms with E-state index < -0.39 is 18.5 Å². The number of nitrogens with one attached hydrogen (secondary N) is 1. The maximum Gasteiger partial charge on any atom is 0.359 e. The molecule has 0 aliphatic rings. The number of ether oxygens (including phenoxy) is 1. The van der Waals surface area contributed by atoms with Crippen molar-refractivity contribution in [2.24, 2.45) is 0 Å². The van der Waals surface area contributed by atoms with Crippen molar-refractivity contribution in [2.45, 2.75) is 65.8 Å². The number of anilines is 1. The lowest BCUT2D eigenvalue weighted by atomic mass is 10.0. The molecule has 1 aromatic heterocycles. The molecule has 1 amide bonds. The normalized spacial score (nSPS) is 10.9.